The first-order valence-electron chi connectivity index (χ1n) is 8.39. The van der Waals surface area contributed by atoms with Crippen molar-refractivity contribution in [3.05, 3.63) is 59.9 Å². The van der Waals surface area contributed by atoms with Crippen LogP contribution in [0.5, 0.6) is 0 Å². The number of fused-ring (bicyclic) bond motifs is 2. The van der Waals surface area contributed by atoms with Gasteiger partial charge in [0, 0.05) is 6.92 Å². The standard InChI is InChI=1S/C21H19FO2/c1-14(23)24-21(8-2-3-9-21)19-6-4-15-10-16-5-7-20(22)13-18(16)11-17(15)12-19/h4-7,10-13H,2-3,8-9H2,1H3. The molecule has 2 nitrogen and oxygen atoms in total. The zero-order valence-corrected chi connectivity index (χ0v) is 13.6. The molecule has 1 aliphatic carbocycles. The summed E-state index contributed by atoms with van der Waals surface area (Å²) in [5, 5.41) is 4.05. The van der Waals surface area contributed by atoms with Crippen LogP contribution < -0.4 is 0 Å². The van der Waals surface area contributed by atoms with E-state index in [1.165, 1.54) is 13.0 Å². The molecule has 3 aromatic carbocycles. The average molecular weight is 322 g/mol. The molecule has 0 heterocycles. The Balaban J connectivity index is 1.87. The Bertz CT molecular complexity index is 939. The highest BCUT2D eigenvalue weighted by Gasteiger charge is 2.38. The van der Waals surface area contributed by atoms with Crippen molar-refractivity contribution >= 4 is 27.5 Å². The smallest absolute Gasteiger partial charge is 0.303 e. The third-order valence-corrected chi connectivity index (χ3v) is 5.03. The van der Waals surface area contributed by atoms with Gasteiger partial charge in [-0.3, -0.25) is 4.79 Å². The Kier molecular flexibility index (Phi) is 3.52. The molecule has 0 spiro atoms. The van der Waals surface area contributed by atoms with Gasteiger partial charge in [-0.25, -0.2) is 4.39 Å². The van der Waals surface area contributed by atoms with Crippen LogP contribution in [0, 0.1) is 5.82 Å². The van der Waals surface area contributed by atoms with Crippen molar-refractivity contribution < 1.29 is 13.9 Å². The number of esters is 1. The van der Waals surface area contributed by atoms with Crippen LogP contribution in [-0.4, -0.2) is 5.97 Å². The van der Waals surface area contributed by atoms with Gasteiger partial charge in [-0.05, 0) is 83.1 Å². The second-order valence-corrected chi connectivity index (χ2v) is 6.70. The molecule has 1 fully saturated rings. The third-order valence-electron chi connectivity index (χ3n) is 5.03. The molecule has 3 heteroatoms. The van der Waals surface area contributed by atoms with Gasteiger partial charge in [0.2, 0.25) is 0 Å². The van der Waals surface area contributed by atoms with Gasteiger partial charge in [0.25, 0.3) is 0 Å². The molecule has 24 heavy (non-hydrogen) atoms. The van der Waals surface area contributed by atoms with E-state index < -0.39 is 5.60 Å². The van der Waals surface area contributed by atoms with Crippen LogP contribution in [0.4, 0.5) is 4.39 Å². The van der Waals surface area contributed by atoms with Crippen LogP contribution in [-0.2, 0) is 15.1 Å². The highest BCUT2D eigenvalue weighted by Crippen LogP contribution is 2.43. The van der Waals surface area contributed by atoms with Gasteiger partial charge in [0.05, 0.1) is 0 Å². The first kappa shape index (κ1) is 15.1. The van der Waals surface area contributed by atoms with E-state index in [2.05, 4.69) is 24.3 Å². The van der Waals surface area contributed by atoms with Crippen LogP contribution in [0.25, 0.3) is 21.5 Å². The third kappa shape index (κ3) is 2.54. The number of carbonyl (C=O) groups is 1. The molecule has 0 radical (unpaired) electrons. The van der Waals surface area contributed by atoms with Gasteiger partial charge in [-0.15, -0.1) is 0 Å². The van der Waals surface area contributed by atoms with E-state index in [1.54, 1.807) is 12.1 Å². The summed E-state index contributed by atoms with van der Waals surface area (Å²) in [5.74, 6) is -0.470. The lowest BCUT2D eigenvalue weighted by Crippen LogP contribution is -2.28. The summed E-state index contributed by atoms with van der Waals surface area (Å²) in [6.07, 6.45) is 3.85. The number of halogens is 1. The number of rotatable bonds is 2. The number of hydrogen-bond acceptors (Lipinski definition) is 2. The van der Waals surface area contributed by atoms with Gasteiger partial charge >= 0.3 is 5.97 Å². The van der Waals surface area contributed by atoms with Crippen molar-refractivity contribution in [2.24, 2.45) is 0 Å². The predicted octanol–water partition coefficient (Wildman–Crippen LogP) is 5.46. The highest BCUT2D eigenvalue weighted by atomic mass is 19.1. The van der Waals surface area contributed by atoms with Gasteiger partial charge < -0.3 is 4.74 Å². The van der Waals surface area contributed by atoms with E-state index in [-0.39, 0.29) is 11.8 Å². The van der Waals surface area contributed by atoms with Crippen molar-refractivity contribution in [1.82, 2.24) is 0 Å². The van der Waals surface area contributed by atoms with Gasteiger partial charge in [-0.1, -0.05) is 18.2 Å². The molecule has 0 amide bonds. The summed E-state index contributed by atoms with van der Waals surface area (Å²) in [5.41, 5.74) is 0.537. The molecular formula is C21H19FO2. The molecule has 0 aliphatic heterocycles. The molecule has 0 saturated heterocycles. The molecule has 3 aromatic rings. The van der Waals surface area contributed by atoms with E-state index >= 15 is 0 Å². The molecule has 0 aromatic heterocycles. The minimum Gasteiger partial charge on any atom is -0.454 e. The zero-order valence-electron chi connectivity index (χ0n) is 13.6. The normalized spacial score (nSPS) is 16.6. The van der Waals surface area contributed by atoms with E-state index in [1.807, 2.05) is 6.07 Å². The van der Waals surface area contributed by atoms with Crippen LogP contribution in [0.2, 0.25) is 0 Å². The Labute approximate surface area is 140 Å². The monoisotopic (exact) mass is 322 g/mol. The maximum absolute atomic E-state index is 13.5. The molecule has 0 N–H and O–H groups in total. The predicted molar refractivity (Wildman–Crippen MR) is 93.3 cm³/mol. The van der Waals surface area contributed by atoms with Crippen molar-refractivity contribution in [2.45, 2.75) is 38.2 Å². The molecule has 1 aliphatic rings. The molecule has 0 bridgehead atoms. The first-order chi connectivity index (χ1) is 11.6. The second-order valence-electron chi connectivity index (χ2n) is 6.70. The van der Waals surface area contributed by atoms with Crippen LogP contribution in [0.3, 0.4) is 0 Å². The fourth-order valence-corrected chi connectivity index (χ4v) is 3.92. The molecule has 122 valence electrons. The number of carbonyl (C=O) groups excluding carboxylic acids is 1. The maximum Gasteiger partial charge on any atom is 0.303 e. The maximum atomic E-state index is 13.5. The SMILES string of the molecule is CC(=O)OC1(c2ccc3cc4ccc(F)cc4cc3c2)CCCC1. The average Bonchev–Trinajstić information content (AvgIpc) is 3.01. The Hall–Kier alpha value is -2.42. The number of hydrogen-bond donors (Lipinski definition) is 0. The summed E-state index contributed by atoms with van der Waals surface area (Å²) in [7, 11) is 0. The van der Waals surface area contributed by atoms with E-state index in [9.17, 15) is 9.18 Å². The fourth-order valence-electron chi connectivity index (χ4n) is 3.92. The molecule has 0 unspecified atom stereocenters. The van der Waals surface area contributed by atoms with Crippen LogP contribution >= 0.6 is 0 Å². The first-order valence-corrected chi connectivity index (χ1v) is 8.39. The van der Waals surface area contributed by atoms with Crippen molar-refractivity contribution in [3.8, 4) is 0 Å². The molecule has 4 rings (SSSR count). The quantitative estimate of drug-likeness (QED) is 0.462. The summed E-state index contributed by atoms with van der Waals surface area (Å²) in [6, 6.07) is 15.1. The van der Waals surface area contributed by atoms with Crippen molar-refractivity contribution in [2.75, 3.05) is 0 Å². The summed E-state index contributed by atoms with van der Waals surface area (Å²) in [6.45, 7) is 1.47. The van der Waals surface area contributed by atoms with Crippen molar-refractivity contribution in [3.63, 3.8) is 0 Å². The zero-order chi connectivity index (χ0) is 16.7. The summed E-state index contributed by atoms with van der Waals surface area (Å²) < 4.78 is 19.3. The van der Waals surface area contributed by atoms with E-state index in [4.69, 9.17) is 4.74 Å². The van der Waals surface area contributed by atoms with E-state index in [0.29, 0.717) is 0 Å². The lowest BCUT2D eigenvalue weighted by molar-refractivity contribution is -0.157. The number of benzene rings is 3. The van der Waals surface area contributed by atoms with Crippen molar-refractivity contribution in [1.29, 1.82) is 0 Å². The molecule has 1 saturated carbocycles. The minimum atomic E-state index is -0.503. The second kappa shape index (κ2) is 5.59. The topological polar surface area (TPSA) is 26.3 Å². The molecule has 0 atom stereocenters. The van der Waals surface area contributed by atoms with Gasteiger partial charge in [0.15, 0.2) is 0 Å². The number of ether oxygens (including phenoxy) is 1. The summed E-state index contributed by atoms with van der Waals surface area (Å²) >= 11 is 0. The van der Waals surface area contributed by atoms with Gasteiger partial charge in [-0.2, -0.15) is 0 Å². The largest absolute Gasteiger partial charge is 0.454 e. The van der Waals surface area contributed by atoms with Crippen LogP contribution in [0.1, 0.15) is 38.2 Å². The summed E-state index contributed by atoms with van der Waals surface area (Å²) in [4.78, 5) is 11.6. The van der Waals surface area contributed by atoms with Crippen LogP contribution in [0.15, 0.2) is 48.5 Å². The lowest BCUT2D eigenvalue weighted by Gasteiger charge is -2.29. The minimum absolute atomic E-state index is 0.231. The lowest BCUT2D eigenvalue weighted by atomic mass is 9.89. The van der Waals surface area contributed by atoms with Gasteiger partial charge in [0.1, 0.15) is 11.4 Å². The Morgan fingerprint density at radius 2 is 1.54 bits per heavy atom. The van der Waals surface area contributed by atoms with E-state index in [0.717, 1.165) is 52.8 Å². The Morgan fingerprint density at radius 3 is 2.25 bits per heavy atom. The Morgan fingerprint density at radius 1 is 0.917 bits per heavy atom. The highest BCUT2D eigenvalue weighted by molar-refractivity contribution is 5.98. The fraction of sp³-hybridized carbons (Fsp3) is 0.286. The molecular weight excluding hydrogens is 303 g/mol.